The van der Waals surface area contributed by atoms with E-state index in [4.69, 9.17) is 0 Å². The van der Waals surface area contributed by atoms with Crippen LogP contribution in [0.15, 0.2) is 0 Å². The van der Waals surface area contributed by atoms with Gasteiger partial charge in [-0.3, -0.25) is 4.79 Å². The Kier molecular flexibility index (Phi) is 3.71. The van der Waals surface area contributed by atoms with Crippen LogP contribution in [0.3, 0.4) is 0 Å². The molecule has 0 bridgehead atoms. The van der Waals surface area contributed by atoms with E-state index in [0.717, 1.165) is 0 Å². The van der Waals surface area contributed by atoms with Gasteiger partial charge in [-0.25, -0.2) is 0 Å². The van der Waals surface area contributed by atoms with Crippen LogP contribution in [0.25, 0.3) is 0 Å². The number of carbonyl (C=O) groups excluding carboxylic acids is 1. The summed E-state index contributed by atoms with van der Waals surface area (Å²) < 4.78 is 0. The Bertz CT molecular complexity index is 158. The normalized spacial score (nSPS) is 14.2. The Morgan fingerprint density at radius 1 is 1.33 bits per heavy atom. The summed E-state index contributed by atoms with van der Waals surface area (Å²) in [4.78, 5) is 13.0. The van der Waals surface area contributed by atoms with Crippen molar-refractivity contribution in [2.75, 3.05) is 14.1 Å². The van der Waals surface area contributed by atoms with Crippen LogP contribution in [0.5, 0.6) is 0 Å². The molecule has 0 saturated heterocycles. The molecular formula is C9H20N2O. The summed E-state index contributed by atoms with van der Waals surface area (Å²) in [7, 11) is 3.53. The van der Waals surface area contributed by atoms with E-state index < -0.39 is 0 Å². The van der Waals surface area contributed by atoms with E-state index >= 15 is 0 Å². The molecule has 3 heteroatoms. The van der Waals surface area contributed by atoms with Gasteiger partial charge in [0.05, 0.1) is 6.04 Å². The molecule has 12 heavy (non-hydrogen) atoms. The van der Waals surface area contributed by atoms with Gasteiger partial charge < -0.3 is 10.2 Å². The third-order valence-electron chi connectivity index (χ3n) is 1.46. The molecule has 0 rings (SSSR count). The largest absolute Gasteiger partial charge is 0.347 e. The van der Waals surface area contributed by atoms with Crippen molar-refractivity contribution < 1.29 is 4.79 Å². The van der Waals surface area contributed by atoms with E-state index in [9.17, 15) is 4.79 Å². The zero-order valence-corrected chi connectivity index (χ0v) is 8.93. The monoisotopic (exact) mass is 172 g/mol. The molecule has 1 unspecified atom stereocenters. The number of nitrogens with zero attached hydrogens (tertiary/aromatic N) is 1. The molecule has 0 radical (unpaired) electrons. The van der Waals surface area contributed by atoms with Crippen molar-refractivity contribution >= 4 is 5.91 Å². The summed E-state index contributed by atoms with van der Waals surface area (Å²) in [5.74, 6) is 0.116. The molecule has 1 amide bonds. The summed E-state index contributed by atoms with van der Waals surface area (Å²) in [6.07, 6.45) is 0. The minimum atomic E-state index is -0.111. The first-order valence-electron chi connectivity index (χ1n) is 4.23. The molecule has 0 aliphatic rings. The third-order valence-corrected chi connectivity index (χ3v) is 1.46. The summed E-state index contributed by atoms with van der Waals surface area (Å²) in [5.41, 5.74) is -0.00884. The lowest BCUT2D eigenvalue weighted by atomic mass is 10.1. The number of hydrogen-bond acceptors (Lipinski definition) is 2. The molecule has 1 N–H and O–H groups in total. The predicted octanol–water partition coefficient (Wildman–Crippen LogP) is 0.851. The standard InChI is InChI=1S/C9H20N2O/c1-7(8(12)11(5)6)10-9(2,3)4/h7,10H,1-6H3. The van der Waals surface area contributed by atoms with E-state index in [2.05, 4.69) is 5.32 Å². The maximum absolute atomic E-state index is 11.4. The number of nitrogens with one attached hydrogen (secondary N) is 1. The lowest BCUT2D eigenvalue weighted by Gasteiger charge is -2.27. The third kappa shape index (κ3) is 4.34. The molecule has 3 nitrogen and oxygen atoms in total. The second-order valence-corrected chi connectivity index (χ2v) is 4.35. The molecule has 0 fully saturated rings. The predicted molar refractivity (Wildman–Crippen MR) is 51.0 cm³/mol. The fourth-order valence-corrected chi connectivity index (χ4v) is 1.10. The number of rotatable bonds is 2. The van der Waals surface area contributed by atoms with Gasteiger partial charge in [0.25, 0.3) is 0 Å². The Morgan fingerprint density at radius 2 is 1.75 bits per heavy atom. The zero-order valence-electron chi connectivity index (χ0n) is 8.93. The van der Waals surface area contributed by atoms with Crippen molar-refractivity contribution in [2.45, 2.75) is 39.3 Å². The topological polar surface area (TPSA) is 32.3 Å². The highest BCUT2D eigenvalue weighted by molar-refractivity contribution is 5.80. The first-order valence-corrected chi connectivity index (χ1v) is 4.23. The van der Waals surface area contributed by atoms with Gasteiger partial charge in [-0.1, -0.05) is 0 Å². The van der Waals surface area contributed by atoms with Crippen LogP contribution < -0.4 is 5.32 Å². The second kappa shape index (κ2) is 3.90. The average molecular weight is 172 g/mol. The maximum atomic E-state index is 11.4. The Balaban J connectivity index is 4.05. The smallest absolute Gasteiger partial charge is 0.238 e. The van der Waals surface area contributed by atoms with Gasteiger partial charge in [0.1, 0.15) is 0 Å². The molecule has 0 aromatic carbocycles. The van der Waals surface area contributed by atoms with Crippen molar-refractivity contribution in [2.24, 2.45) is 0 Å². The molecule has 1 atom stereocenters. The first kappa shape index (κ1) is 11.4. The highest BCUT2D eigenvalue weighted by atomic mass is 16.2. The van der Waals surface area contributed by atoms with Crippen LogP contribution in [-0.4, -0.2) is 36.5 Å². The van der Waals surface area contributed by atoms with Crippen LogP contribution in [0.2, 0.25) is 0 Å². The quantitative estimate of drug-likeness (QED) is 0.670. The van der Waals surface area contributed by atoms with Crippen LogP contribution in [0, 0.1) is 0 Å². The maximum Gasteiger partial charge on any atom is 0.238 e. The van der Waals surface area contributed by atoms with Crippen molar-refractivity contribution in [3.05, 3.63) is 0 Å². The summed E-state index contributed by atoms with van der Waals surface area (Å²) in [6, 6.07) is -0.111. The Labute approximate surface area is 75.1 Å². The average Bonchev–Trinajstić information content (AvgIpc) is 1.82. The van der Waals surface area contributed by atoms with Gasteiger partial charge in [-0.05, 0) is 27.7 Å². The lowest BCUT2D eigenvalue weighted by Crippen LogP contribution is -2.49. The van der Waals surface area contributed by atoms with E-state index in [1.54, 1.807) is 19.0 Å². The van der Waals surface area contributed by atoms with Gasteiger partial charge in [0, 0.05) is 19.6 Å². The minimum absolute atomic E-state index is 0.00884. The fourth-order valence-electron chi connectivity index (χ4n) is 1.10. The number of hydrogen-bond donors (Lipinski definition) is 1. The fraction of sp³-hybridized carbons (Fsp3) is 0.889. The van der Waals surface area contributed by atoms with Gasteiger partial charge in [0.15, 0.2) is 0 Å². The highest BCUT2D eigenvalue weighted by Gasteiger charge is 2.20. The van der Waals surface area contributed by atoms with Crippen LogP contribution in [0.4, 0.5) is 0 Å². The van der Waals surface area contributed by atoms with Crippen molar-refractivity contribution in [1.82, 2.24) is 10.2 Å². The molecule has 0 aromatic rings. The van der Waals surface area contributed by atoms with E-state index in [1.807, 2.05) is 27.7 Å². The van der Waals surface area contributed by atoms with Crippen molar-refractivity contribution in [1.29, 1.82) is 0 Å². The number of carbonyl (C=O) groups is 1. The molecule has 0 heterocycles. The van der Waals surface area contributed by atoms with Crippen molar-refractivity contribution in [3.63, 3.8) is 0 Å². The van der Waals surface area contributed by atoms with Gasteiger partial charge in [0.2, 0.25) is 5.91 Å². The summed E-state index contributed by atoms with van der Waals surface area (Å²) in [6.45, 7) is 8.03. The number of amides is 1. The van der Waals surface area contributed by atoms with Crippen LogP contribution in [-0.2, 0) is 4.79 Å². The van der Waals surface area contributed by atoms with Crippen LogP contribution in [0.1, 0.15) is 27.7 Å². The van der Waals surface area contributed by atoms with E-state index in [0.29, 0.717) is 0 Å². The molecule has 72 valence electrons. The minimum Gasteiger partial charge on any atom is -0.347 e. The Morgan fingerprint density at radius 3 is 2.00 bits per heavy atom. The number of likely N-dealkylation sites (N-methyl/N-ethyl adjacent to an activating group) is 1. The van der Waals surface area contributed by atoms with Crippen LogP contribution >= 0.6 is 0 Å². The van der Waals surface area contributed by atoms with Crippen molar-refractivity contribution in [3.8, 4) is 0 Å². The molecule has 0 aromatic heterocycles. The lowest BCUT2D eigenvalue weighted by molar-refractivity contribution is -0.130. The van der Waals surface area contributed by atoms with E-state index in [-0.39, 0.29) is 17.5 Å². The van der Waals surface area contributed by atoms with E-state index in [1.165, 1.54) is 0 Å². The van der Waals surface area contributed by atoms with Gasteiger partial charge >= 0.3 is 0 Å². The summed E-state index contributed by atoms with van der Waals surface area (Å²) >= 11 is 0. The SMILES string of the molecule is CC(NC(C)(C)C)C(=O)N(C)C. The van der Waals surface area contributed by atoms with Gasteiger partial charge in [-0.15, -0.1) is 0 Å². The van der Waals surface area contributed by atoms with Gasteiger partial charge in [-0.2, -0.15) is 0 Å². The first-order chi connectivity index (χ1) is 5.24. The second-order valence-electron chi connectivity index (χ2n) is 4.35. The molecule has 0 aliphatic carbocycles. The molecule has 0 saturated carbocycles. The molecule has 0 aliphatic heterocycles. The zero-order chi connectivity index (χ0) is 9.94. The molecular weight excluding hydrogens is 152 g/mol. The Hall–Kier alpha value is -0.570. The molecule has 0 spiro atoms. The highest BCUT2D eigenvalue weighted by Crippen LogP contribution is 2.02. The summed E-state index contributed by atoms with van der Waals surface area (Å²) in [5, 5.41) is 3.21.